The van der Waals surface area contributed by atoms with E-state index in [0.717, 1.165) is 23.1 Å². The molecule has 0 N–H and O–H groups in total. The zero-order chi connectivity index (χ0) is 11.8. The molecule has 0 atom stereocenters. The van der Waals surface area contributed by atoms with E-state index in [1.807, 2.05) is 6.07 Å². The molecule has 82 valence electrons. The normalized spacial score (nSPS) is 11.7. The van der Waals surface area contributed by atoms with Crippen LogP contribution in [-0.2, 0) is 6.18 Å². The van der Waals surface area contributed by atoms with Gasteiger partial charge in [0.2, 0.25) is 0 Å². The van der Waals surface area contributed by atoms with E-state index in [9.17, 15) is 13.2 Å². The summed E-state index contributed by atoms with van der Waals surface area (Å²) in [6.07, 6.45) is -2.66. The minimum Gasteiger partial charge on any atom is -0.166 e. The lowest BCUT2D eigenvalue weighted by Gasteiger charge is -2.08. The summed E-state index contributed by atoms with van der Waals surface area (Å²) in [6.45, 7) is 3.63. The molecule has 0 heterocycles. The van der Waals surface area contributed by atoms with Crippen molar-refractivity contribution in [1.29, 1.82) is 0 Å². The second-order valence-electron chi connectivity index (χ2n) is 3.49. The van der Waals surface area contributed by atoms with Gasteiger partial charge in [-0.1, -0.05) is 36.9 Å². The second kappa shape index (κ2) is 3.67. The van der Waals surface area contributed by atoms with Crippen LogP contribution in [0.15, 0.2) is 43.0 Å². The highest BCUT2D eigenvalue weighted by atomic mass is 19.4. The molecule has 0 spiro atoms. The van der Waals surface area contributed by atoms with Gasteiger partial charge in [0.25, 0.3) is 0 Å². The molecule has 0 radical (unpaired) electrons. The van der Waals surface area contributed by atoms with Crippen molar-refractivity contribution in [2.75, 3.05) is 0 Å². The maximum atomic E-state index is 12.5. The molecule has 2 aromatic rings. The van der Waals surface area contributed by atoms with Crippen LogP contribution >= 0.6 is 0 Å². The standard InChI is InChI=1S/C13H9F3/c1-2-9-4-3-5-10-8-11(13(14,15)16)6-7-12(9)10/h2-8H,1H2. The smallest absolute Gasteiger partial charge is 0.166 e. The van der Waals surface area contributed by atoms with Gasteiger partial charge in [-0.15, -0.1) is 0 Å². The van der Waals surface area contributed by atoms with Crippen LogP contribution in [0, 0.1) is 0 Å². The molecular formula is C13H9F3. The van der Waals surface area contributed by atoms with E-state index in [0.29, 0.717) is 5.39 Å². The third kappa shape index (κ3) is 1.81. The Balaban J connectivity index is 2.69. The van der Waals surface area contributed by atoms with Crippen molar-refractivity contribution in [3.8, 4) is 0 Å². The van der Waals surface area contributed by atoms with E-state index in [1.165, 1.54) is 6.07 Å². The summed E-state index contributed by atoms with van der Waals surface area (Å²) < 4.78 is 37.4. The molecule has 0 saturated carbocycles. The van der Waals surface area contributed by atoms with Crippen molar-refractivity contribution in [1.82, 2.24) is 0 Å². The van der Waals surface area contributed by atoms with Crippen molar-refractivity contribution < 1.29 is 13.2 Å². The van der Waals surface area contributed by atoms with Gasteiger partial charge in [0.15, 0.2) is 0 Å². The van der Waals surface area contributed by atoms with E-state index in [2.05, 4.69) is 6.58 Å². The zero-order valence-corrected chi connectivity index (χ0v) is 8.38. The lowest BCUT2D eigenvalue weighted by molar-refractivity contribution is -0.137. The molecule has 0 aliphatic carbocycles. The quantitative estimate of drug-likeness (QED) is 0.666. The van der Waals surface area contributed by atoms with E-state index >= 15 is 0 Å². The van der Waals surface area contributed by atoms with Gasteiger partial charge in [-0.25, -0.2) is 0 Å². The van der Waals surface area contributed by atoms with Gasteiger partial charge in [0, 0.05) is 0 Å². The van der Waals surface area contributed by atoms with Crippen LogP contribution in [0.5, 0.6) is 0 Å². The first kappa shape index (κ1) is 10.7. The summed E-state index contributed by atoms with van der Waals surface area (Å²) in [6, 6.07) is 8.94. The van der Waals surface area contributed by atoms with Gasteiger partial charge in [-0.2, -0.15) is 13.2 Å². The van der Waals surface area contributed by atoms with Crippen LogP contribution in [0.25, 0.3) is 16.8 Å². The van der Waals surface area contributed by atoms with Crippen LogP contribution in [0.3, 0.4) is 0 Å². The fourth-order valence-electron chi connectivity index (χ4n) is 1.66. The number of fused-ring (bicyclic) bond motifs is 1. The summed E-state index contributed by atoms with van der Waals surface area (Å²) in [4.78, 5) is 0. The molecule has 0 nitrogen and oxygen atoms in total. The molecule has 0 unspecified atom stereocenters. The van der Waals surface area contributed by atoms with Gasteiger partial charge in [0.1, 0.15) is 0 Å². The third-order valence-corrected chi connectivity index (χ3v) is 2.46. The van der Waals surface area contributed by atoms with Gasteiger partial charge >= 0.3 is 6.18 Å². The summed E-state index contributed by atoms with van der Waals surface area (Å²) in [5.74, 6) is 0. The number of halogens is 3. The Morgan fingerprint density at radius 2 is 1.81 bits per heavy atom. The molecule has 0 aliphatic rings. The summed E-state index contributed by atoms with van der Waals surface area (Å²) in [7, 11) is 0. The molecule has 0 amide bonds. The molecule has 0 bridgehead atoms. The average molecular weight is 222 g/mol. The Kier molecular flexibility index (Phi) is 2.46. The SMILES string of the molecule is C=Cc1cccc2cc(C(F)(F)F)ccc12. The number of hydrogen-bond donors (Lipinski definition) is 0. The van der Waals surface area contributed by atoms with Crippen molar-refractivity contribution in [2.45, 2.75) is 6.18 Å². The minimum atomic E-state index is -4.29. The number of benzene rings is 2. The van der Waals surface area contributed by atoms with Crippen LogP contribution in [-0.4, -0.2) is 0 Å². The lowest BCUT2D eigenvalue weighted by atomic mass is 10.0. The first-order chi connectivity index (χ1) is 7.52. The predicted molar refractivity (Wildman–Crippen MR) is 59.0 cm³/mol. The molecule has 0 aromatic heterocycles. The highest BCUT2D eigenvalue weighted by Gasteiger charge is 2.30. The van der Waals surface area contributed by atoms with Crippen molar-refractivity contribution >= 4 is 16.8 Å². The molecule has 2 rings (SSSR count). The van der Waals surface area contributed by atoms with Crippen molar-refractivity contribution in [3.05, 3.63) is 54.1 Å². The van der Waals surface area contributed by atoms with Crippen LogP contribution in [0.1, 0.15) is 11.1 Å². The van der Waals surface area contributed by atoms with Crippen LogP contribution in [0.2, 0.25) is 0 Å². The van der Waals surface area contributed by atoms with Gasteiger partial charge < -0.3 is 0 Å². The zero-order valence-electron chi connectivity index (χ0n) is 8.38. The Morgan fingerprint density at radius 1 is 1.06 bits per heavy atom. The van der Waals surface area contributed by atoms with E-state index in [1.54, 1.807) is 18.2 Å². The number of hydrogen-bond acceptors (Lipinski definition) is 0. The Bertz CT molecular complexity index is 538. The molecule has 0 saturated heterocycles. The highest BCUT2D eigenvalue weighted by Crippen LogP contribution is 2.32. The topological polar surface area (TPSA) is 0 Å². The first-order valence-corrected chi connectivity index (χ1v) is 4.75. The maximum Gasteiger partial charge on any atom is 0.416 e. The second-order valence-corrected chi connectivity index (χ2v) is 3.49. The molecule has 3 heteroatoms. The summed E-state index contributed by atoms with van der Waals surface area (Å²) in [5, 5.41) is 1.36. The van der Waals surface area contributed by atoms with Crippen LogP contribution in [0.4, 0.5) is 13.2 Å². The maximum absolute atomic E-state index is 12.5. The van der Waals surface area contributed by atoms with E-state index in [4.69, 9.17) is 0 Å². The van der Waals surface area contributed by atoms with Crippen LogP contribution < -0.4 is 0 Å². The first-order valence-electron chi connectivity index (χ1n) is 4.75. The largest absolute Gasteiger partial charge is 0.416 e. The fourth-order valence-corrected chi connectivity index (χ4v) is 1.66. The van der Waals surface area contributed by atoms with Gasteiger partial charge in [-0.3, -0.25) is 0 Å². The minimum absolute atomic E-state index is 0.576. The Labute approximate surface area is 91.0 Å². The Morgan fingerprint density at radius 3 is 2.44 bits per heavy atom. The molecular weight excluding hydrogens is 213 g/mol. The van der Waals surface area contributed by atoms with Gasteiger partial charge in [-0.05, 0) is 28.5 Å². The molecule has 16 heavy (non-hydrogen) atoms. The lowest BCUT2D eigenvalue weighted by Crippen LogP contribution is -2.04. The highest BCUT2D eigenvalue weighted by molar-refractivity contribution is 5.90. The van der Waals surface area contributed by atoms with Crippen molar-refractivity contribution in [2.24, 2.45) is 0 Å². The monoisotopic (exact) mass is 222 g/mol. The average Bonchev–Trinajstić information content (AvgIpc) is 2.26. The molecule has 0 fully saturated rings. The molecule has 2 aromatic carbocycles. The van der Waals surface area contributed by atoms with Crippen molar-refractivity contribution in [3.63, 3.8) is 0 Å². The summed E-state index contributed by atoms with van der Waals surface area (Å²) in [5.41, 5.74) is 0.215. The van der Waals surface area contributed by atoms with E-state index < -0.39 is 11.7 Å². The van der Waals surface area contributed by atoms with Gasteiger partial charge in [0.05, 0.1) is 5.56 Å². The third-order valence-electron chi connectivity index (χ3n) is 2.46. The Hall–Kier alpha value is -1.77. The van der Waals surface area contributed by atoms with E-state index in [-0.39, 0.29) is 0 Å². The number of alkyl halides is 3. The molecule has 0 aliphatic heterocycles. The fraction of sp³-hybridized carbons (Fsp3) is 0.0769. The predicted octanol–water partition coefficient (Wildman–Crippen LogP) is 4.50. The number of rotatable bonds is 1. The summed E-state index contributed by atoms with van der Waals surface area (Å²) >= 11 is 0.